The lowest BCUT2D eigenvalue weighted by Crippen LogP contribution is -2.16. The Bertz CT molecular complexity index is 2850. The van der Waals surface area contributed by atoms with Gasteiger partial charge in [-0.15, -0.1) is 0 Å². The van der Waals surface area contributed by atoms with Crippen LogP contribution in [0.15, 0.2) is 268 Å². The molecule has 2 heteroatoms. The average Bonchev–Trinajstić information content (AvgIpc) is 3.74. The Morgan fingerprint density at radius 3 is 1.92 bits per heavy atom. The minimum absolute atomic E-state index is 0.00325. The third kappa shape index (κ3) is 13.8. The number of benzene rings is 3. The Morgan fingerprint density at radius 2 is 1.34 bits per heavy atom. The van der Waals surface area contributed by atoms with Gasteiger partial charge in [0.15, 0.2) is 0 Å². The van der Waals surface area contributed by atoms with Crippen LogP contribution >= 0.6 is 0 Å². The fourth-order valence-corrected chi connectivity index (χ4v) is 9.81. The molecule has 6 rings (SSSR count). The monoisotopic (exact) mass is 944 g/mol. The lowest BCUT2D eigenvalue weighted by Gasteiger charge is -2.29. The predicted octanol–water partition coefficient (Wildman–Crippen LogP) is 20.2. The number of hydrogen-bond donors (Lipinski definition) is 0. The molecule has 3 aliphatic carbocycles. The van der Waals surface area contributed by atoms with Gasteiger partial charge in [0.05, 0.1) is 6.33 Å². The fraction of sp³-hybridized carbons (Fsp3) is 0.275. The second-order valence-corrected chi connectivity index (χ2v) is 19.6. The first-order valence-corrected chi connectivity index (χ1v) is 25.2. The van der Waals surface area contributed by atoms with Gasteiger partial charge in [-0.3, -0.25) is 0 Å². The Morgan fingerprint density at radius 1 is 0.704 bits per heavy atom. The van der Waals surface area contributed by atoms with Crippen LogP contribution < -0.4 is 4.90 Å². The molecule has 0 aliphatic heterocycles. The van der Waals surface area contributed by atoms with Crippen LogP contribution in [-0.2, 0) is 11.8 Å². The number of anilines is 1. The van der Waals surface area contributed by atoms with Crippen LogP contribution in [0.2, 0.25) is 0 Å². The molecule has 0 bridgehead atoms. The molecule has 0 heterocycles. The standard InChI is InChI=1S/C28H36.C26H29N.C15H17F/c1-10-15-23(19(5)12-3)24-17-14-18-25(20(24)6)27-22(13-4)21(7)26(16-11-2)28(27,8)9;1-6-8-12-21(3)22(4)15-18-25(7-2)27(5)26-19-16-24(17-20-26)23-13-10-9-11-14-23;1-11(10-16)8-13-9-12-6-4-5-7-14(12)15(13,2)3/h10-17H,3,18H2,1-2,4-9H3;6-20H,2H2,1,3-5H3;4-8,10H,9H2,1-3H3/b15-10-,16-11-,22-13-,23-19+,27-25-;8-6-,21-12+,22-15+,25-18+;11-10-,13-8+. The average molecular weight is 944 g/mol. The highest BCUT2D eigenvalue weighted by Crippen LogP contribution is 2.54. The van der Waals surface area contributed by atoms with Gasteiger partial charge in [0.1, 0.15) is 0 Å². The molecular formula is C69H82FN. The van der Waals surface area contributed by atoms with E-state index in [0.717, 1.165) is 24.2 Å². The molecule has 71 heavy (non-hydrogen) atoms. The van der Waals surface area contributed by atoms with Gasteiger partial charge < -0.3 is 4.90 Å². The molecule has 0 aromatic heterocycles. The molecule has 0 N–H and O–H groups in total. The third-order valence-electron chi connectivity index (χ3n) is 14.2. The number of hydrogen-bond acceptors (Lipinski definition) is 1. The number of fused-ring (bicyclic) bond motifs is 1. The van der Waals surface area contributed by atoms with Crippen LogP contribution in [0.3, 0.4) is 0 Å². The normalized spacial score (nSPS) is 19.6. The van der Waals surface area contributed by atoms with Crippen molar-refractivity contribution >= 4 is 5.69 Å². The van der Waals surface area contributed by atoms with Gasteiger partial charge in [0.2, 0.25) is 0 Å². The summed E-state index contributed by atoms with van der Waals surface area (Å²) < 4.78 is 12.4. The van der Waals surface area contributed by atoms with Crippen molar-refractivity contribution in [3.63, 3.8) is 0 Å². The molecule has 0 spiro atoms. The van der Waals surface area contributed by atoms with Crippen LogP contribution in [0, 0.1) is 5.41 Å². The second kappa shape index (κ2) is 26.4. The molecule has 0 saturated heterocycles. The molecule has 0 atom stereocenters. The van der Waals surface area contributed by atoms with E-state index in [1.165, 1.54) is 89.1 Å². The van der Waals surface area contributed by atoms with Crippen molar-refractivity contribution in [3.05, 3.63) is 279 Å². The highest BCUT2D eigenvalue weighted by atomic mass is 19.1. The zero-order valence-electron chi connectivity index (χ0n) is 45.9. The zero-order valence-corrected chi connectivity index (χ0v) is 45.9. The van der Waals surface area contributed by atoms with Gasteiger partial charge >= 0.3 is 0 Å². The van der Waals surface area contributed by atoms with Crippen molar-refractivity contribution < 1.29 is 4.39 Å². The van der Waals surface area contributed by atoms with Gasteiger partial charge in [0.25, 0.3) is 0 Å². The molecular weight excluding hydrogens is 862 g/mol. The molecule has 3 aliphatic rings. The van der Waals surface area contributed by atoms with E-state index >= 15 is 0 Å². The molecule has 0 saturated carbocycles. The first-order chi connectivity index (χ1) is 33.9. The maximum atomic E-state index is 12.4. The molecule has 3 aromatic rings. The van der Waals surface area contributed by atoms with Crippen LogP contribution in [-0.4, -0.2) is 7.05 Å². The SMILES string of the molecule is C=C/C(C)=C(\C=C/C)C1=C(C)/C(=C2/C(=C\C)C(C)=C(/C=C\C)C2(C)C)CC=C1.C=C\C(=C/C=C(C)/C(C)=C/C=C\C)N(C)c1ccc(-c2ccccc2)cc1.CC(=C/F)/C=C1\Cc2ccccc2C1(C)C. The van der Waals surface area contributed by atoms with Gasteiger partial charge in [-0.2, -0.15) is 0 Å². The minimum atomic E-state index is 0.00325. The zero-order chi connectivity index (χ0) is 52.5. The number of rotatable bonds is 12. The van der Waals surface area contributed by atoms with Crippen LogP contribution in [0.1, 0.15) is 114 Å². The summed E-state index contributed by atoms with van der Waals surface area (Å²) in [6.45, 7) is 38.2. The lowest BCUT2D eigenvalue weighted by molar-refractivity contribution is 0.571. The van der Waals surface area contributed by atoms with Crippen molar-refractivity contribution in [2.45, 2.75) is 115 Å². The third-order valence-corrected chi connectivity index (χ3v) is 14.2. The maximum Gasteiger partial charge on any atom is 0.0896 e. The summed E-state index contributed by atoms with van der Waals surface area (Å²) in [4.78, 5) is 2.15. The van der Waals surface area contributed by atoms with E-state index in [4.69, 9.17) is 0 Å². The van der Waals surface area contributed by atoms with E-state index in [-0.39, 0.29) is 10.8 Å². The highest BCUT2D eigenvalue weighted by molar-refractivity contribution is 5.70. The van der Waals surface area contributed by atoms with Crippen molar-refractivity contribution in [1.82, 2.24) is 0 Å². The summed E-state index contributed by atoms with van der Waals surface area (Å²) in [5, 5.41) is 0. The quantitative estimate of drug-likeness (QED) is 0.164. The molecule has 0 radical (unpaired) electrons. The van der Waals surface area contributed by atoms with Crippen LogP contribution in [0.5, 0.6) is 0 Å². The Balaban J connectivity index is 0.000000240. The van der Waals surface area contributed by atoms with E-state index in [0.29, 0.717) is 11.9 Å². The van der Waals surface area contributed by atoms with Crippen molar-refractivity contribution in [2.24, 2.45) is 5.41 Å². The Kier molecular flexibility index (Phi) is 21.2. The molecule has 0 amide bonds. The second-order valence-electron chi connectivity index (χ2n) is 19.6. The molecule has 3 aromatic carbocycles. The van der Waals surface area contributed by atoms with Gasteiger partial charge in [-0.1, -0.05) is 192 Å². The van der Waals surface area contributed by atoms with E-state index in [1.54, 1.807) is 6.92 Å². The molecule has 370 valence electrons. The number of halogens is 1. The summed E-state index contributed by atoms with van der Waals surface area (Å²) in [6, 6.07) is 27.5. The molecule has 1 nitrogen and oxygen atoms in total. The molecule has 0 fully saturated rings. The smallest absolute Gasteiger partial charge is 0.0896 e. The Hall–Kier alpha value is -6.77. The summed E-state index contributed by atoms with van der Waals surface area (Å²) >= 11 is 0. The van der Waals surface area contributed by atoms with E-state index < -0.39 is 0 Å². The number of allylic oxidation sites excluding steroid dienone is 28. The minimum Gasteiger partial charge on any atom is -0.345 e. The largest absolute Gasteiger partial charge is 0.345 e. The molecule has 0 unspecified atom stereocenters. The predicted molar refractivity (Wildman–Crippen MR) is 313 cm³/mol. The van der Waals surface area contributed by atoms with E-state index in [2.05, 4.69) is 248 Å². The van der Waals surface area contributed by atoms with Gasteiger partial charge in [0, 0.05) is 29.3 Å². The number of likely N-dealkylation sites (N-methyl/N-ethyl adjacent to an activating group) is 1. The van der Waals surface area contributed by atoms with Crippen molar-refractivity contribution in [3.8, 4) is 11.1 Å². The van der Waals surface area contributed by atoms with Crippen LogP contribution in [0.25, 0.3) is 11.1 Å². The highest BCUT2D eigenvalue weighted by Gasteiger charge is 2.39. The Labute approximate surface area is 430 Å². The van der Waals surface area contributed by atoms with Crippen molar-refractivity contribution in [1.29, 1.82) is 0 Å². The van der Waals surface area contributed by atoms with Crippen LogP contribution in [0.4, 0.5) is 10.1 Å². The summed E-state index contributed by atoms with van der Waals surface area (Å²) in [5.74, 6) is 0. The summed E-state index contributed by atoms with van der Waals surface area (Å²) in [6.07, 6.45) is 34.6. The fourth-order valence-electron chi connectivity index (χ4n) is 9.81. The summed E-state index contributed by atoms with van der Waals surface area (Å²) in [5.41, 5.74) is 24.2. The maximum absolute atomic E-state index is 12.4. The van der Waals surface area contributed by atoms with Crippen molar-refractivity contribution in [2.75, 3.05) is 11.9 Å². The first-order valence-electron chi connectivity index (χ1n) is 25.2. The van der Waals surface area contributed by atoms with E-state index in [9.17, 15) is 4.39 Å². The first kappa shape index (κ1) is 56.8. The van der Waals surface area contributed by atoms with Gasteiger partial charge in [-0.05, 0) is 195 Å². The summed E-state index contributed by atoms with van der Waals surface area (Å²) in [7, 11) is 2.07. The topological polar surface area (TPSA) is 3.24 Å². The lowest BCUT2D eigenvalue weighted by atomic mass is 9.74. The number of nitrogens with zero attached hydrogens (tertiary/aromatic N) is 1. The van der Waals surface area contributed by atoms with Gasteiger partial charge in [-0.25, -0.2) is 4.39 Å². The van der Waals surface area contributed by atoms with E-state index in [1.807, 2.05) is 37.3 Å².